The second kappa shape index (κ2) is 2.98. The summed E-state index contributed by atoms with van der Waals surface area (Å²) in [7, 11) is 0. The van der Waals surface area contributed by atoms with Crippen LogP contribution in [0.25, 0.3) is 0 Å². The maximum absolute atomic E-state index is 9.68. The molecule has 6 heteroatoms. The van der Waals surface area contributed by atoms with Crippen LogP contribution in [0.4, 0.5) is 0 Å². The number of rotatable bonds is 2. The van der Waals surface area contributed by atoms with Gasteiger partial charge in [-0.3, -0.25) is 10.1 Å². The highest BCUT2D eigenvalue weighted by Crippen LogP contribution is 2.30. The van der Waals surface area contributed by atoms with Gasteiger partial charge in [0.05, 0.1) is 0 Å². The summed E-state index contributed by atoms with van der Waals surface area (Å²) >= 11 is 11.0. The molecule has 0 aliphatic carbocycles. The normalized spacial score (nSPS) is 11.4. The van der Waals surface area contributed by atoms with Crippen LogP contribution in [-0.4, -0.2) is 14.2 Å². The lowest BCUT2D eigenvalue weighted by atomic mass is 10.8. The Hall–Kier alpha value is 0.650. The molecule has 0 saturated heterocycles. The molecule has 0 aliphatic heterocycles. The molecule has 0 aromatic rings. The van der Waals surface area contributed by atoms with Crippen molar-refractivity contribution in [2.75, 3.05) is 6.54 Å². The Bertz CT molecular complexity index is 101. The summed E-state index contributed by atoms with van der Waals surface area (Å²) in [5, 5.41) is 9.68. The van der Waals surface area contributed by atoms with Crippen LogP contribution in [0.2, 0.25) is 0 Å². The van der Waals surface area contributed by atoms with Gasteiger partial charge >= 0.3 is 0 Å². The number of halogens is 3. The van der Waals surface area contributed by atoms with E-state index < -0.39 is 7.62 Å². The highest BCUT2D eigenvalue weighted by atomic mass is 79.9. The average molecular weight is 267 g/mol. The Morgan fingerprint density at radius 3 is 2.12 bits per heavy atom. The zero-order valence-corrected chi connectivity index (χ0v) is 7.53. The second-order valence-corrected chi connectivity index (χ2v) is 6.44. The monoisotopic (exact) mass is 265 g/mol. The predicted molar refractivity (Wildman–Crippen MR) is 38.3 cm³/mol. The third-order valence-electron chi connectivity index (χ3n) is 0.308. The molecule has 0 heterocycles. The number of nitro groups is 1. The first-order chi connectivity index (χ1) is 3.42. The number of hydrogen-bond acceptors (Lipinski definition) is 2. The second-order valence-electron chi connectivity index (χ2n) is 1.11. The van der Waals surface area contributed by atoms with Crippen molar-refractivity contribution in [3.05, 3.63) is 10.1 Å². The van der Waals surface area contributed by atoms with E-state index in [0.717, 1.165) is 0 Å². The van der Waals surface area contributed by atoms with Gasteiger partial charge in [-0.15, -0.1) is 0 Å². The van der Waals surface area contributed by atoms with Crippen LogP contribution < -0.4 is 0 Å². The third kappa shape index (κ3) is 6.65. The number of alkyl halides is 3. The van der Waals surface area contributed by atoms with Crippen molar-refractivity contribution in [3.8, 4) is 0 Å². The molecule has 0 N–H and O–H groups in total. The fraction of sp³-hybridized carbons (Fsp3) is 1.00. The maximum Gasteiger partial charge on any atom is 0.242 e. The van der Waals surface area contributed by atoms with E-state index >= 15 is 0 Å². The molecule has 0 aliphatic rings. The first-order valence-corrected chi connectivity index (χ1v) is 3.57. The van der Waals surface area contributed by atoms with E-state index in [1.165, 1.54) is 0 Å². The smallest absolute Gasteiger partial charge is 0.242 e. The van der Waals surface area contributed by atoms with Crippen molar-refractivity contribution < 1.29 is 4.92 Å². The quantitative estimate of drug-likeness (QED) is 0.436. The standard InChI is InChI=1S/C2H2Br2ClNO2/c3-2(4,5)1-6(7)8/h1H2. The molecule has 48 valence electrons. The molecule has 0 spiro atoms. The minimum absolute atomic E-state index is 0.353. The molecular weight excluding hydrogens is 265 g/mol. The molecule has 0 atom stereocenters. The first kappa shape index (κ1) is 8.65. The fourth-order valence-electron chi connectivity index (χ4n) is 0.146. The van der Waals surface area contributed by atoms with Gasteiger partial charge in [-0.05, 0) is 31.9 Å². The lowest BCUT2D eigenvalue weighted by molar-refractivity contribution is -0.477. The van der Waals surface area contributed by atoms with Gasteiger partial charge in [0.2, 0.25) is 9.24 Å². The van der Waals surface area contributed by atoms with Crippen LogP contribution in [0.1, 0.15) is 0 Å². The highest BCUT2D eigenvalue weighted by molar-refractivity contribution is 9.26. The maximum atomic E-state index is 9.68. The van der Waals surface area contributed by atoms with Crippen molar-refractivity contribution in [1.82, 2.24) is 0 Å². The summed E-state index contributed by atoms with van der Waals surface area (Å²) in [6, 6.07) is 0. The molecule has 0 radical (unpaired) electrons. The molecule has 3 nitrogen and oxygen atoms in total. The Morgan fingerprint density at radius 2 is 2.12 bits per heavy atom. The summed E-state index contributed by atoms with van der Waals surface area (Å²) in [6.45, 7) is -0.353. The molecule has 8 heavy (non-hydrogen) atoms. The molecule has 0 saturated carbocycles. The van der Waals surface area contributed by atoms with E-state index in [1.807, 2.05) is 0 Å². The molecule has 0 fully saturated rings. The van der Waals surface area contributed by atoms with Crippen LogP contribution in [0, 0.1) is 10.1 Å². The fourth-order valence-corrected chi connectivity index (χ4v) is 0.653. The Morgan fingerprint density at radius 1 is 1.75 bits per heavy atom. The van der Waals surface area contributed by atoms with Crippen LogP contribution in [0.15, 0.2) is 0 Å². The average Bonchev–Trinajstić information content (AvgIpc) is 1.21. The van der Waals surface area contributed by atoms with E-state index in [0.29, 0.717) is 0 Å². The van der Waals surface area contributed by atoms with Gasteiger partial charge in [-0.1, -0.05) is 11.6 Å². The van der Waals surface area contributed by atoms with Crippen molar-refractivity contribution in [2.24, 2.45) is 0 Å². The summed E-state index contributed by atoms with van der Waals surface area (Å²) in [5.41, 5.74) is 0. The zero-order chi connectivity index (χ0) is 6.78. The summed E-state index contributed by atoms with van der Waals surface area (Å²) in [5.74, 6) is 0. The van der Waals surface area contributed by atoms with E-state index in [1.54, 1.807) is 0 Å². The van der Waals surface area contributed by atoms with Crippen LogP contribution in [0.3, 0.4) is 0 Å². The van der Waals surface area contributed by atoms with Crippen molar-refractivity contribution >= 4 is 43.5 Å². The zero-order valence-electron chi connectivity index (χ0n) is 3.60. The molecule has 0 aromatic carbocycles. The lowest BCUT2D eigenvalue weighted by Crippen LogP contribution is -2.16. The van der Waals surface area contributed by atoms with E-state index in [2.05, 4.69) is 31.9 Å². The minimum Gasteiger partial charge on any atom is -0.264 e. The van der Waals surface area contributed by atoms with Crippen LogP contribution >= 0.6 is 43.5 Å². The van der Waals surface area contributed by atoms with E-state index in [4.69, 9.17) is 11.6 Å². The Kier molecular flexibility index (Phi) is 3.23. The van der Waals surface area contributed by atoms with E-state index in [-0.39, 0.29) is 6.54 Å². The van der Waals surface area contributed by atoms with Gasteiger partial charge in [0, 0.05) is 4.92 Å². The van der Waals surface area contributed by atoms with Gasteiger partial charge in [-0.25, -0.2) is 0 Å². The van der Waals surface area contributed by atoms with Gasteiger partial charge < -0.3 is 0 Å². The molecule has 0 rings (SSSR count). The highest BCUT2D eigenvalue weighted by Gasteiger charge is 2.25. The molecule has 0 unspecified atom stereocenters. The van der Waals surface area contributed by atoms with Gasteiger partial charge in [0.1, 0.15) is 0 Å². The van der Waals surface area contributed by atoms with Crippen LogP contribution in [-0.2, 0) is 0 Å². The largest absolute Gasteiger partial charge is 0.264 e. The van der Waals surface area contributed by atoms with E-state index in [9.17, 15) is 10.1 Å². The van der Waals surface area contributed by atoms with Gasteiger partial charge in [-0.2, -0.15) is 0 Å². The molecule has 0 aromatic heterocycles. The topological polar surface area (TPSA) is 43.1 Å². The third-order valence-corrected chi connectivity index (χ3v) is 0.929. The molecule has 0 amide bonds. The minimum atomic E-state index is -1.08. The Balaban J connectivity index is 3.55. The molecule has 0 bridgehead atoms. The lowest BCUT2D eigenvalue weighted by Gasteiger charge is -2.02. The molecular formula is C2H2Br2ClNO2. The number of hydrogen-bond donors (Lipinski definition) is 0. The summed E-state index contributed by atoms with van der Waals surface area (Å²) < 4.78 is -1.08. The predicted octanol–water partition coefficient (Wildman–Crippen LogP) is 1.95. The summed E-state index contributed by atoms with van der Waals surface area (Å²) in [4.78, 5) is 9.16. The van der Waals surface area contributed by atoms with Crippen molar-refractivity contribution in [3.63, 3.8) is 0 Å². The number of nitrogens with zero attached hydrogens (tertiary/aromatic N) is 1. The van der Waals surface area contributed by atoms with Crippen LogP contribution in [0.5, 0.6) is 0 Å². The van der Waals surface area contributed by atoms with Gasteiger partial charge in [0.15, 0.2) is 0 Å². The first-order valence-electron chi connectivity index (χ1n) is 1.60. The van der Waals surface area contributed by atoms with Gasteiger partial charge in [0.25, 0.3) is 0 Å². The Labute approximate surface area is 67.8 Å². The summed E-state index contributed by atoms with van der Waals surface area (Å²) in [6.07, 6.45) is 0. The van der Waals surface area contributed by atoms with Crippen molar-refractivity contribution in [2.45, 2.75) is 2.69 Å². The van der Waals surface area contributed by atoms with Crippen molar-refractivity contribution in [1.29, 1.82) is 0 Å². The SMILES string of the molecule is O=[N+]([O-])CC(Cl)(Br)Br.